The first kappa shape index (κ1) is 11.6. The van der Waals surface area contributed by atoms with Crippen LogP contribution in [0, 0.1) is 0 Å². The van der Waals surface area contributed by atoms with Gasteiger partial charge in [-0.1, -0.05) is 27.2 Å². The van der Waals surface area contributed by atoms with Gasteiger partial charge in [-0.15, -0.1) is 0 Å². The fraction of sp³-hybridized carbons (Fsp3) is 0.385. The first-order chi connectivity index (χ1) is 7.33. The molecule has 2 rings (SSSR count). The lowest BCUT2D eigenvalue weighted by Gasteiger charge is -2.00. The Labute approximate surface area is 91.4 Å². The summed E-state index contributed by atoms with van der Waals surface area (Å²) in [5.41, 5.74) is 2.29. The van der Waals surface area contributed by atoms with E-state index in [0.29, 0.717) is 0 Å². The van der Waals surface area contributed by atoms with E-state index in [2.05, 4.69) is 30.7 Å². The van der Waals surface area contributed by atoms with E-state index in [1.54, 1.807) is 0 Å². The standard InChI is InChI=1S/C10H10N2.C3H8/c1-2-8-6-11-7-9-4-3-5-12-10(8)9;1-3-2/h3-7H,2H2,1H3;3H2,1-2H3. The Morgan fingerprint density at radius 3 is 2.53 bits per heavy atom. The summed E-state index contributed by atoms with van der Waals surface area (Å²) in [4.78, 5) is 8.46. The van der Waals surface area contributed by atoms with Crippen LogP contribution >= 0.6 is 0 Å². The molecule has 0 unspecified atom stereocenters. The molecule has 0 spiro atoms. The highest BCUT2D eigenvalue weighted by molar-refractivity contribution is 5.80. The van der Waals surface area contributed by atoms with Crippen LogP contribution in [0.5, 0.6) is 0 Å². The van der Waals surface area contributed by atoms with Gasteiger partial charge in [-0.05, 0) is 24.1 Å². The molecule has 0 saturated carbocycles. The van der Waals surface area contributed by atoms with Crippen molar-refractivity contribution in [2.75, 3.05) is 0 Å². The van der Waals surface area contributed by atoms with Crippen LogP contribution in [0.3, 0.4) is 0 Å². The van der Waals surface area contributed by atoms with Crippen molar-refractivity contribution in [2.24, 2.45) is 0 Å². The van der Waals surface area contributed by atoms with Crippen LogP contribution in [0.1, 0.15) is 32.8 Å². The average molecular weight is 202 g/mol. The summed E-state index contributed by atoms with van der Waals surface area (Å²) in [5.74, 6) is 0. The molecule has 0 aromatic carbocycles. The van der Waals surface area contributed by atoms with E-state index in [-0.39, 0.29) is 0 Å². The van der Waals surface area contributed by atoms with Crippen LogP contribution in [0.25, 0.3) is 10.9 Å². The van der Waals surface area contributed by atoms with Crippen molar-refractivity contribution < 1.29 is 0 Å². The van der Waals surface area contributed by atoms with Crippen LogP contribution in [-0.4, -0.2) is 9.97 Å². The lowest BCUT2D eigenvalue weighted by molar-refractivity contribution is 1.09. The number of nitrogens with zero attached hydrogens (tertiary/aromatic N) is 2. The van der Waals surface area contributed by atoms with Crippen molar-refractivity contribution in [3.63, 3.8) is 0 Å². The molecule has 0 bridgehead atoms. The number of aromatic nitrogens is 2. The fourth-order valence-electron chi connectivity index (χ4n) is 1.32. The second-order valence-electron chi connectivity index (χ2n) is 3.43. The first-order valence-corrected chi connectivity index (χ1v) is 5.51. The molecule has 0 radical (unpaired) electrons. The Balaban J connectivity index is 0.000000337. The van der Waals surface area contributed by atoms with Gasteiger partial charge < -0.3 is 0 Å². The van der Waals surface area contributed by atoms with Gasteiger partial charge >= 0.3 is 0 Å². The molecule has 0 aliphatic heterocycles. The maximum absolute atomic E-state index is 4.31. The number of hydrogen-bond acceptors (Lipinski definition) is 2. The average Bonchev–Trinajstić information content (AvgIpc) is 2.29. The van der Waals surface area contributed by atoms with Crippen LogP contribution in [-0.2, 0) is 6.42 Å². The summed E-state index contributed by atoms with van der Waals surface area (Å²) in [7, 11) is 0. The SMILES string of the molecule is CCC.CCc1cncc2cccnc12. The van der Waals surface area contributed by atoms with Gasteiger partial charge in [0.15, 0.2) is 0 Å². The number of pyridine rings is 2. The lowest BCUT2D eigenvalue weighted by atomic mass is 10.1. The molecule has 2 nitrogen and oxygen atoms in total. The van der Waals surface area contributed by atoms with Gasteiger partial charge in [-0.2, -0.15) is 0 Å². The van der Waals surface area contributed by atoms with E-state index in [1.165, 1.54) is 12.0 Å². The fourth-order valence-corrected chi connectivity index (χ4v) is 1.32. The van der Waals surface area contributed by atoms with E-state index in [0.717, 1.165) is 17.3 Å². The third kappa shape index (κ3) is 3.01. The van der Waals surface area contributed by atoms with E-state index in [1.807, 2.05) is 30.7 Å². The molecule has 0 N–H and O–H groups in total. The van der Waals surface area contributed by atoms with Gasteiger partial charge in [-0.3, -0.25) is 9.97 Å². The minimum Gasteiger partial charge on any atom is -0.264 e. The maximum Gasteiger partial charge on any atom is 0.0764 e. The zero-order valence-electron chi connectivity index (χ0n) is 9.70. The molecule has 0 atom stereocenters. The van der Waals surface area contributed by atoms with Gasteiger partial charge in [0, 0.05) is 24.0 Å². The molecule has 0 amide bonds. The predicted molar refractivity (Wildman–Crippen MR) is 64.9 cm³/mol. The van der Waals surface area contributed by atoms with Crippen LogP contribution in [0.15, 0.2) is 30.7 Å². The Bertz CT molecular complexity index is 405. The second kappa shape index (κ2) is 6.12. The van der Waals surface area contributed by atoms with Gasteiger partial charge in [-0.25, -0.2) is 0 Å². The molecule has 80 valence electrons. The molecule has 0 fully saturated rings. The monoisotopic (exact) mass is 202 g/mol. The molecule has 2 aromatic heterocycles. The van der Waals surface area contributed by atoms with Crippen LogP contribution in [0.2, 0.25) is 0 Å². The van der Waals surface area contributed by atoms with Crippen LogP contribution < -0.4 is 0 Å². The molecular formula is C13H18N2. The minimum absolute atomic E-state index is 0.987. The van der Waals surface area contributed by atoms with E-state index >= 15 is 0 Å². The highest BCUT2D eigenvalue weighted by atomic mass is 14.7. The summed E-state index contributed by atoms with van der Waals surface area (Å²) in [6.45, 7) is 6.37. The zero-order chi connectivity index (χ0) is 11.1. The normalized spacial score (nSPS) is 9.53. The summed E-state index contributed by atoms with van der Waals surface area (Å²) < 4.78 is 0. The smallest absolute Gasteiger partial charge is 0.0764 e. The van der Waals surface area contributed by atoms with Crippen molar-refractivity contribution in [2.45, 2.75) is 33.6 Å². The molecule has 0 saturated heterocycles. The topological polar surface area (TPSA) is 25.8 Å². The Hall–Kier alpha value is -1.44. The number of hydrogen-bond donors (Lipinski definition) is 0. The van der Waals surface area contributed by atoms with E-state index in [9.17, 15) is 0 Å². The third-order valence-electron chi connectivity index (χ3n) is 1.97. The third-order valence-corrected chi connectivity index (χ3v) is 1.97. The quantitative estimate of drug-likeness (QED) is 0.706. The van der Waals surface area contributed by atoms with Crippen LogP contribution in [0.4, 0.5) is 0 Å². The predicted octanol–water partition coefficient (Wildman–Crippen LogP) is 3.61. The number of aryl methyl sites for hydroxylation is 1. The van der Waals surface area contributed by atoms with Gasteiger partial charge in [0.25, 0.3) is 0 Å². The van der Waals surface area contributed by atoms with E-state index < -0.39 is 0 Å². The van der Waals surface area contributed by atoms with Gasteiger partial charge in [0.2, 0.25) is 0 Å². The Morgan fingerprint density at radius 2 is 1.87 bits per heavy atom. The molecule has 2 heteroatoms. The second-order valence-corrected chi connectivity index (χ2v) is 3.43. The summed E-state index contributed by atoms with van der Waals surface area (Å²) in [5, 5.41) is 1.12. The van der Waals surface area contributed by atoms with Crippen molar-refractivity contribution in [3.8, 4) is 0 Å². The summed E-state index contributed by atoms with van der Waals surface area (Å²) >= 11 is 0. The Morgan fingerprint density at radius 1 is 1.13 bits per heavy atom. The zero-order valence-corrected chi connectivity index (χ0v) is 9.70. The highest BCUT2D eigenvalue weighted by Crippen LogP contribution is 2.13. The number of fused-ring (bicyclic) bond motifs is 1. The molecule has 15 heavy (non-hydrogen) atoms. The van der Waals surface area contributed by atoms with Gasteiger partial charge in [0.1, 0.15) is 0 Å². The first-order valence-electron chi connectivity index (χ1n) is 5.51. The van der Waals surface area contributed by atoms with Crippen molar-refractivity contribution in [3.05, 3.63) is 36.3 Å². The van der Waals surface area contributed by atoms with E-state index in [4.69, 9.17) is 0 Å². The lowest BCUT2D eigenvalue weighted by Crippen LogP contribution is -1.87. The highest BCUT2D eigenvalue weighted by Gasteiger charge is 1.98. The largest absolute Gasteiger partial charge is 0.264 e. The van der Waals surface area contributed by atoms with Crippen molar-refractivity contribution in [1.82, 2.24) is 9.97 Å². The summed E-state index contributed by atoms with van der Waals surface area (Å²) in [6.07, 6.45) is 7.79. The summed E-state index contributed by atoms with van der Waals surface area (Å²) in [6, 6.07) is 3.97. The molecule has 0 aliphatic rings. The molecule has 2 heterocycles. The van der Waals surface area contributed by atoms with Gasteiger partial charge in [0.05, 0.1) is 5.52 Å². The minimum atomic E-state index is 0.987. The number of rotatable bonds is 1. The molecular weight excluding hydrogens is 184 g/mol. The molecule has 2 aromatic rings. The Kier molecular flexibility index (Phi) is 4.75. The van der Waals surface area contributed by atoms with Crippen molar-refractivity contribution >= 4 is 10.9 Å². The molecule has 0 aliphatic carbocycles. The maximum atomic E-state index is 4.31. The van der Waals surface area contributed by atoms with Crippen molar-refractivity contribution in [1.29, 1.82) is 0 Å².